The van der Waals surface area contributed by atoms with Gasteiger partial charge in [0.25, 0.3) is 0 Å². The van der Waals surface area contributed by atoms with Crippen molar-refractivity contribution < 1.29 is 18.7 Å². The Morgan fingerprint density at radius 2 is 1.57 bits per heavy atom. The van der Waals surface area contributed by atoms with Crippen LogP contribution in [0, 0.1) is 28.9 Å². The molecular formula is C37H57F2N3O2. The van der Waals surface area contributed by atoms with Gasteiger partial charge < -0.3 is 20.6 Å². The van der Waals surface area contributed by atoms with E-state index in [0.29, 0.717) is 49.2 Å². The molecule has 0 bridgehead atoms. The van der Waals surface area contributed by atoms with Gasteiger partial charge in [0.05, 0.1) is 6.10 Å². The monoisotopic (exact) mass is 613 g/mol. The fraction of sp³-hybridized carbons (Fsp3) is 0.649. The molecule has 4 atom stereocenters. The largest absolute Gasteiger partial charge is 0.390 e. The van der Waals surface area contributed by atoms with Crippen molar-refractivity contribution in [2.75, 3.05) is 26.2 Å². The molecule has 1 aliphatic carbocycles. The van der Waals surface area contributed by atoms with Gasteiger partial charge in [0.15, 0.2) is 0 Å². The molecule has 1 saturated carbocycles. The summed E-state index contributed by atoms with van der Waals surface area (Å²) in [6, 6.07) is 11.6. The number of rotatable bonds is 21. The van der Waals surface area contributed by atoms with E-state index in [1.54, 1.807) is 0 Å². The van der Waals surface area contributed by atoms with E-state index >= 15 is 0 Å². The minimum Gasteiger partial charge on any atom is -0.390 e. The number of nitrogens with one attached hydrogen (secondary N) is 2. The Labute approximate surface area is 265 Å². The second-order valence-corrected chi connectivity index (χ2v) is 13.4. The van der Waals surface area contributed by atoms with Gasteiger partial charge in [0, 0.05) is 44.7 Å². The molecule has 44 heavy (non-hydrogen) atoms. The first-order valence-electron chi connectivity index (χ1n) is 17.0. The minimum absolute atomic E-state index is 0.284. The molecule has 1 aliphatic rings. The van der Waals surface area contributed by atoms with Crippen molar-refractivity contribution >= 4 is 5.91 Å². The summed E-state index contributed by atoms with van der Waals surface area (Å²) < 4.78 is 27.9. The highest BCUT2D eigenvalue weighted by molar-refractivity contribution is 5.76. The lowest BCUT2D eigenvalue weighted by Crippen LogP contribution is -2.46. The van der Waals surface area contributed by atoms with Crippen LogP contribution >= 0.6 is 0 Å². The lowest BCUT2D eigenvalue weighted by atomic mass is 10.00. The molecule has 0 spiro atoms. The zero-order valence-electron chi connectivity index (χ0n) is 27.8. The Balaban J connectivity index is 1.48. The Bertz CT molecular complexity index is 1130. The fourth-order valence-electron chi connectivity index (χ4n) is 6.94. The smallest absolute Gasteiger partial charge is 0.222 e. The van der Waals surface area contributed by atoms with Crippen molar-refractivity contribution in [1.29, 1.82) is 0 Å². The van der Waals surface area contributed by atoms with E-state index in [-0.39, 0.29) is 11.5 Å². The van der Waals surface area contributed by atoms with Crippen LogP contribution in [-0.4, -0.2) is 54.2 Å². The Morgan fingerprint density at radius 1 is 0.932 bits per heavy atom. The summed E-state index contributed by atoms with van der Waals surface area (Å²) in [6.45, 7) is 14.5. The predicted octanol–water partition coefficient (Wildman–Crippen LogP) is 7.05. The number of aliphatic hydroxyl groups is 1. The van der Waals surface area contributed by atoms with E-state index in [9.17, 15) is 18.7 Å². The Hall–Kier alpha value is -2.35. The van der Waals surface area contributed by atoms with Crippen molar-refractivity contribution in [3.8, 4) is 0 Å². The van der Waals surface area contributed by atoms with Crippen LogP contribution in [0.5, 0.6) is 0 Å². The maximum Gasteiger partial charge on any atom is 0.222 e. The predicted molar refractivity (Wildman–Crippen MR) is 176 cm³/mol. The van der Waals surface area contributed by atoms with Gasteiger partial charge in [-0.1, -0.05) is 58.9 Å². The molecule has 246 valence electrons. The minimum atomic E-state index is -0.724. The van der Waals surface area contributed by atoms with Gasteiger partial charge in [-0.25, -0.2) is 8.78 Å². The zero-order valence-corrected chi connectivity index (χ0v) is 27.8. The Morgan fingerprint density at radius 3 is 2.20 bits per heavy atom. The summed E-state index contributed by atoms with van der Waals surface area (Å²) in [4.78, 5) is 14.7. The third kappa shape index (κ3) is 11.2. The second-order valence-electron chi connectivity index (χ2n) is 13.4. The normalized spacial score (nSPS) is 18.6. The van der Waals surface area contributed by atoms with E-state index in [2.05, 4.69) is 69.5 Å². The number of aryl methyl sites for hydroxylation is 1. The number of aliphatic hydroxyl groups excluding tert-OH is 1. The molecular weight excluding hydrogens is 556 g/mol. The van der Waals surface area contributed by atoms with Crippen LogP contribution in [-0.2, 0) is 24.2 Å². The first-order valence-corrected chi connectivity index (χ1v) is 17.0. The molecule has 0 saturated heterocycles. The summed E-state index contributed by atoms with van der Waals surface area (Å²) in [5, 5.41) is 18.0. The average molecular weight is 614 g/mol. The number of hydrogen-bond acceptors (Lipinski definition) is 4. The first kappa shape index (κ1) is 36.1. The Kier molecular flexibility index (Phi) is 14.7. The zero-order chi connectivity index (χ0) is 32.1. The van der Waals surface area contributed by atoms with Crippen molar-refractivity contribution in [2.24, 2.45) is 17.3 Å². The molecule has 1 amide bonds. The van der Waals surface area contributed by atoms with Crippen LogP contribution in [0.15, 0.2) is 42.5 Å². The van der Waals surface area contributed by atoms with Gasteiger partial charge in [-0.2, -0.15) is 0 Å². The van der Waals surface area contributed by atoms with Crippen molar-refractivity contribution in [2.45, 2.75) is 111 Å². The molecule has 7 heteroatoms. The lowest BCUT2D eigenvalue weighted by Gasteiger charge is -2.25. The van der Waals surface area contributed by atoms with E-state index in [4.69, 9.17) is 0 Å². The van der Waals surface area contributed by atoms with E-state index in [1.165, 1.54) is 23.3 Å². The molecule has 0 heterocycles. The van der Waals surface area contributed by atoms with Crippen molar-refractivity contribution in [3.05, 3.63) is 70.8 Å². The summed E-state index contributed by atoms with van der Waals surface area (Å²) >= 11 is 0. The third-order valence-corrected chi connectivity index (χ3v) is 9.56. The molecule has 3 rings (SSSR count). The number of nitrogens with zero attached hydrogens (tertiary/aromatic N) is 1. The molecule has 2 aromatic carbocycles. The first-order chi connectivity index (χ1) is 21.1. The maximum absolute atomic E-state index is 13.9. The van der Waals surface area contributed by atoms with Gasteiger partial charge >= 0.3 is 0 Å². The molecule has 3 N–H and O–H groups in total. The lowest BCUT2D eigenvalue weighted by molar-refractivity contribution is -0.131. The molecule has 0 aliphatic heterocycles. The molecule has 0 radical (unpaired) electrons. The number of benzene rings is 2. The number of hydrogen-bond donors (Lipinski definition) is 3. The summed E-state index contributed by atoms with van der Waals surface area (Å²) in [7, 11) is 0. The number of carbonyl (C=O) groups is 1. The number of amides is 1. The van der Waals surface area contributed by atoms with Gasteiger partial charge in [-0.05, 0) is 104 Å². The summed E-state index contributed by atoms with van der Waals surface area (Å²) in [6.07, 6.45) is 7.29. The highest BCUT2D eigenvalue weighted by Crippen LogP contribution is 2.62. The van der Waals surface area contributed by atoms with E-state index in [1.807, 2.05) is 4.90 Å². The number of carbonyl (C=O) groups excluding carboxylic acids is 1. The van der Waals surface area contributed by atoms with Crippen LogP contribution in [0.25, 0.3) is 0 Å². The fourth-order valence-corrected chi connectivity index (χ4v) is 6.94. The summed E-state index contributed by atoms with van der Waals surface area (Å²) in [5.41, 5.74) is 3.26. The third-order valence-electron chi connectivity index (χ3n) is 9.56. The SMILES string of the molecule is CCCN(CCC)C(=O)CCCC1C(CCCN[C@@H](Cc2cc(F)cc(F)c2)[C@H](O)CNCc2cccc(CC)c2)C1(C)C. The quantitative estimate of drug-likeness (QED) is 0.132. The van der Waals surface area contributed by atoms with Crippen molar-refractivity contribution in [1.82, 2.24) is 15.5 Å². The number of halogens is 2. The van der Waals surface area contributed by atoms with Crippen LogP contribution in [0.2, 0.25) is 0 Å². The van der Waals surface area contributed by atoms with Gasteiger partial charge in [0.1, 0.15) is 11.6 Å². The second kappa shape index (κ2) is 18.0. The van der Waals surface area contributed by atoms with Gasteiger partial charge in [-0.15, -0.1) is 0 Å². The van der Waals surface area contributed by atoms with E-state index in [0.717, 1.165) is 70.6 Å². The topological polar surface area (TPSA) is 64.6 Å². The maximum atomic E-state index is 13.9. The average Bonchev–Trinajstić information content (AvgIpc) is 3.51. The standard InChI is InChI=1S/C37H57F2N3O2/c1-6-18-42(19-7-2)36(44)16-10-14-32-33(37(32,4)5)15-11-17-41-34(23-29-21-30(38)24-31(39)22-29)35(43)26-40-25-28-13-9-12-27(8-3)20-28/h9,12-13,20-22,24,32-35,40-41,43H,6-8,10-11,14-19,23,25-26H2,1-5H3/t32?,33?,34-,35+/m0/s1. The molecule has 5 nitrogen and oxygen atoms in total. The van der Waals surface area contributed by atoms with Crippen molar-refractivity contribution in [3.63, 3.8) is 0 Å². The molecule has 1 fully saturated rings. The molecule has 2 aromatic rings. The van der Waals surface area contributed by atoms with Gasteiger partial charge in [-0.3, -0.25) is 4.79 Å². The highest BCUT2D eigenvalue weighted by atomic mass is 19.1. The molecule has 0 aromatic heterocycles. The van der Waals surface area contributed by atoms with Crippen LogP contribution in [0.4, 0.5) is 8.78 Å². The summed E-state index contributed by atoms with van der Waals surface area (Å²) in [5.74, 6) is 0.347. The van der Waals surface area contributed by atoms with Crippen LogP contribution in [0.3, 0.4) is 0 Å². The highest BCUT2D eigenvalue weighted by Gasteiger charge is 2.55. The van der Waals surface area contributed by atoms with Crippen LogP contribution < -0.4 is 10.6 Å². The molecule has 2 unspecified atom stereocenters. The van der Waals surface area contributed by atoms with Crippen LogP contribution in [0.1, 0.15) is 96.3 Å². The van der Waals surface area contributed by atoms with Gasteiger partial charge in [0.2, 0.25) is 5.91 Å². The van der Waals surface area contributed by atoms with E-state index < -0.39 is 17.7 Å².